The molecule has 1 aliphatic rings. The Bertz CT molecular complexity index is 380. The zero-order valence-electron chi connectivity index (χ0n) is 9.73. The van der Waals surface area contributed by atoms with Crippen molar-refractivity contribution in [2.45, 2.75) is 25.3 Å². The van der Waals surface area contributed by atoms with Crippen molar-refractivity contribution in [3.05, 3.63) is 29.6 Å². The van der Waals surface area contributed by atoms with Crippen LogP contribution in [0.5, 0.6) is 5.75 Å². The van der Waals surface area contributed by atoms with Gasteiger partial charge in [0.25, 0.3) is 0 Å². The van der Waals surface area contributed by atoms with E-state index in [2.05, 4.69) is 0 Å². The van der Waals surface area contributed by atoms with Gasteiger partial charge < -0.3 is 15.6 Å². The van der Waals surface area contributed by atoms with Crippen molar-refractivity contribution in [3.8, 4) is 5.75 Å². The highest BCUT2D eigenvalue weighted by Gasteiger charge is 2.19. The van der Waals surface area contributed by atoms with Crippen LogP contribution in [0.3, 0.4) is 0 Å². The molecule has 0 aromatic heterocycles. The lowest BCUT2D eigenvalue weighted by molar-refractivity contribution is 0.177. The highest BCUT2D eigenvalue weighted by molar-refractivity contribution is 5.36. The zero-order chi connectivity index (χ0) is 12.3. The second-order valence-corrected chi connectivity index (χ2v) is 4.58. The SMILES string of the molecule is NC(CO)c1cc(F)ccc1OCC1CCC1. The molecule has 1 saturated carbocycles. The number of benzene rings is 1. The number of nitrogens with two attached hydrogens (primary N) is 1. The van der Waals surface area contributed by atoms with Crippen LogP contribution in [0.2, 0.25) is 0 Å². The number of hydrogen-bond acceptors (Lipinski definition) is 3. The molecule has 0 bridgehead atoms. The third-order valence-electron chi connectivity index (χ3n) is 3.27. The van der Waals surface area contributed by atoms with E-state index in [1.807, 2.05) is 0 Å². The Kier molecular flexibility index (Phi) is 3.97. The summed E-state index contributed by atoms with van der Waals surface area (Å²) in [4.78, 5) is 0. The number of rotatable bonds is 5. The van der Waals surface area contributed by atoms with Crippen molar-refractivity contribution in [3.63, 3.8) is 0 Å². The average Bonchev–Trinajstić information content (AvgIpc) is 2.27. The molecule has 2 rings (SSSR count). The summed E-state index contributed by atoms with van der Waals surface area (Å²) >= 11 is 0. The summed E-state index contributed by atoms with van der Waals surface area (Å²) in [7, 11) is 0. The first kappa shape index (κ1) is 12.3. The van der Waals surface area contributed by atoms with E-state index in [0.29, 0.717) is 23.8 Å². The predicted octanol–water partition coefficient (Wildman–Crippen LogP) is 2.00. The summed E-state index contributed by atoms with van der Waals surface area (Å²) in [6.07, 6.45) is 3.66. The summed E-state index contributed by atoms with van der Waals surface area (Å²) in [5.74, 6) is 0.831. The van der Waals surface area contributed by atoms with Crippen molar-refractivity contribution in [2.24, 2.45) is 11.7 Å². The van der Waals surface area contributed by atoms with Crippen molar-refractivity contribution in [1.82, 2.24) is 0 Å². The quantitative estimate of drug-likeness (QED) is 0.826. The van der Waals surface area contributed by atoms with Gasteiger partial charge in [0.15, 0.2) is 0 Å². The number of ether oxygens (including phenoxy) is 1. The van der Waals surface area contributed by atoms with Gasteiger partial charge in [-0.15, -0.1) is 0 Å². The lowest BCUT2D eigenvalue weighted by Crippen LogP contribution is -2.21. The molecule has 17 heavy (non-hydrogen) atoms. The van der Waals surface area contributed by atoms with E-state index in [4.69, 9.17) is 15.6 Å². The number of aliphatic hydroxyl groups excluding tert-OH is 1. The Hall–Kier alpha value is -1.13. The lowest BCUT2D eigenvalue weighted by atomic mass is 9.86. The first-order valence-electron chi connectivity index (χ1n) is 5.99. The summed E-state index contributed by atoms with van der Waals surface area (Å²) < 4.78 is 18.8. The van der Waals surface area contributed by atoms with E-state index in [0.717, 1.165) is 0 Å². The molecule has 0 saturated heterocycles. The third-order valence-corrected chi connectivity index (χ3v) is 3.27. The van der Waals surface area contributed by atoms with Gasteiger partial charge in [-0.05, 0) is 37.0 Å². The molecule has 1 fully saturated rings. The maximum absolute atomic E-state index is 13.1. The molecular weight excluding hydrogens is 221 g/mol. The minimum absolute atomic E-state index is 0.219. The van der Waals surface area contributed by atoms with Crippen molar-refractivity contribution in [1.29, 1.82) is 0 Å². The maximum atomic E-state index is 13.1. The molecule has 3 N–H and O–H groups in total. The summed E-state index contributed by atoms with van der Waals surface area (Å²) in [6, 6.07) is 3.67. The van der Waals surface area contributed by atoms with Crippen molar-refractivity contribution in [2.75, 3.05) is 13.2 Å². The van der Waals surface area contributed by atoms with Gasteiger partial charge in [-0.1, -0.05) is 6.42 Å². The van der Waals surface area contributed by atoms with Gasteiger partial charge in [0.2, 0.25) is 0 Å². The van der Waals surface area contributed by atoms with E-state index in [1.54, 1.807) is 6.07 Å². The lowest BCUT2D eigenvalue weighted by Gasteiger charge is -2.26. The van der Waals surface area contributed by atoms with E-state index >= 15 is 0 Å². The van der Waals surface area contributed by atoms with Crippen LogP contribution < -0.4 is 10.5 Å². The molecule has 3 nitrogen and oxygen atoms in total. The molecule has 94 valence electrons. The van der Waals surface area contributed by atoms with Crippen LogP contribution in [-0.2, 0) is 0 Å². The molecule has 0 amide bonds. The van der Waals surface area contributed by atoms with Gasteiger partial charge in [0.1, 0.15) is 11.6 Å². The molecule has 1 atom stereocenters. The van der Waals surface area contributed by atoms with Gasteiger partial charge in [0, 0.05) is 5.56 Å². The van der Waals surface area contributed by atoms with Crippen LogP contribution >= 0.6 is 0 Å². The van der Waals surface area contributed by atoms with Crippen LogP contribution in [0.4, 0.5) is 4.39 Å². The van der Waals surface area contributed by atoms with Crippen molar-refractivity contribution >= 4 is 0 Å². The predicted molar refractivity (Wildman–Crippen MR) is 63.3 cm³/mol. The van der Waals surface area contributed by atoms with E-state index in [1.165, 1.54) is 31.4 Å². The summed E-state index contributed by atoms with van der Waals surface area (Å²) in [5.41, 5.74) is 6.25. The molecule has 1 aromatic rings. The Morgan fingerprint density at radius 3 is 2.82 bits per heavy atom. The molecule has 1 aliphatic carbocycles. The molecule has 0 heterocycles. The van der Waals surface area contributed by atoms with Crippen LogP contribution in [0, 0.1) is 11.7 Å². The Morgan fingerprint density at radius 2 is 2.24 bits per heavy atom. The fourth-order valence-corrected chi connectivity index (χ4v) is 1.91. The monoisotopic (exact) mass is 239 g/mol. The first-order chi connectivity index (χ1) is 8.20. The standard InChI is InChI=1S/C13H18FNO2/c14-10-4-5-13(11(6-10)12(15)7-16)17-8-9-2-1-3-9/h4-6,9,12,16H,1-3,7-8,15H2. The molecule has 4 heteroatoms. The van der Waals surface area contributed by atoms with Gasteiger partial charge in [-0.3, -0.25) is 0 Å². The van der Waals surface area contributed by atoms with Crippen molar-refractivity contribution < 1.29 is 14.2 Å². The molecule has 1 aromatic carbocycles. The molecule has 0 spiro atoms. The smallest absolute Gasteiger partial charge is 0.124 e. The molecule has 0 radical (unpaired) electrons. The van der Waals surface area contributed by atoms with Gasteiger partial charge >= 0.3 is 0 Å². The summed E-state index contributed by atoms with van der Waals surface area (Å²) in [6.45, 7) is 0.431. The van der Waals surface area contributed by atoms with Crippen LogP contribution in [0.1, 0.15) is 30.9 Å². The molecular formula is C13H18FNO2. The molecule has 1 unspecified atom stereocenters. The Labute approximate surface area is 100 Å². The highest BCUT2D eigenvalue weighted by atomic mass is 19.1. The largest absolute Gasteiger partial charge is 0.493 e. The maximum Gasteiger partial charge on any atom is 0.124 e. The number of hydrogen-bond donors (Lipinski definition) is 2. The second-order valence-electron chi connectivity index (χ2n) is 4.58. The van der Waals surface area contributed by atoms with E-state index < -0.39 is 6.04 Å². The van der Waals surface area contributed by atoms with Gasteiger partial charge in [-0.25, -0.2) is 4.39 Å². The fourth-order valence-electron chi connectivity index (χ4n) is 1.91. The van der Waals surface area contributed by atoms with E-state index in [9.17, 15) is 4.39 Å². The highest BCUT2D eigenvalue weighted by Crippen LogP contribution is 2.29. The normalized spacial score (nSPS) is 17.6. The van der Waals surface area contributed by atoms with Gasteiger partial charge in [-0.2, -0.15) is 0 Å². The first-order valence-corrected chi connectivity index (χ1v) is 5.99. The number of halogens is 1. The minimum Gasteiger partial charge on any atom is -0.493 e. The van der Waals surface area contributed by atoms with Crippen LogP contribution in [0.25, 0.3) is 0 Å². The zero-order valence-corrected chi connectivity index (χ0v) is 9.73. The topological polar surface area (TPSA) is 55.5 Å². The minimum atomic E-state index is -0.595. The second kappa shape index (κ2) is 5.47. The average molecular weight is 239 g/mol. The molecule has 0 aliphatic heterocycles. The Morgan fingerprint density at radius 1 is 1.47 bits per heavy atom. The third kappa shape index (κ3) is 2.96. The van der Waals surface area contributed by atoms with E-state index in [-0.39, 0.29) is 12.4 Å². The van der Waals surface area contributed by atoms with Crippen LogP contribution in [0.15, 0.2) is 18.2 Å². The number of aliphatic hydroxyl groups is 1. The summed E-state index contributed by atoms with van der Waals surface area (Å²) in [5, 5.41) is 9.04. The van der Waals surface area contributed by atoms with Crippen LogP contribution in [-0.4, -0.2) is 18.3 Å². The van der Waals surface area contributed by atoms with Gasteiger partial charge in [0.05, 0.1) is 19.3 Å². The fraction of sp³-hybridized carbons (Fsp3) is 0.538. The Balaban J connectivity index is 2.07.